The van der Waals surface area contributed by atoms with E-state index in [9.17, 15) is 4.79 Å². The summed E-state index contributed by atoms with van der Waals surface area (Å²) in [6, 6.07) is 7.52. The Morgan fingerprint density at radius 3 is 2.87 bits per heavy atom. The van der Waals surface area contributed by atoms with E-state index in [-0.39, 0.29) is 0 Å². The van der Waals surface area contributed by atoms with Crippen molar-refractivity contribution in [1.29, 1.82) is 0 Å². The Labute approximate surface area is 141 Å². The van der Waals surface area contributed by atoms with E-state index in [0.29, 0.717) is 22.3 Å². The standard InChI is InChI=1S/C18H22ClNO3/c1-3-4-5-7-12(2)14-10-13-8-6-9-15(23-11-16(21)22)17(13)20-18(14)19/h6,8-10,12H,3-5,7,11H2,1-2H3,(H,21,22). The van der Waals surface area contributed by atoms with Crippen molar-refractivity contribution in [1.82, 2.24) is 4.98 Å². The lowest BCUT2D eigenvalue weighted by atomic mass is 9.95. The molecule has 0 spiro atoms. The Bertz CT molecular complexity index is 687. The van der Waals surface area contributed by atoms with Gasteiger partial charge in [-0.05, 0) is 30.0 Å². The molecule has 5 heteroatoms. The predicted molar refractivity (Wildman–Crippen MR) is 92.4 cm³/mol. The van der Waals surface area contributed by atoms with Gasteiger partial charge in [0.1, 0.15) is 16.4 Å². The number of para-hydroxylation sites is 1. The average molecular weight is 336 g/mol. The number of nitrogens with zero attached hydrogens (tertiary/aromatic N) is 1. The molecule has 23 heavy (non-hydrogen) atoms. The summed E-state index contributed by atoms with van der Waals surface area (Å²) in [5, 5.41) is 10.1. The van der Waals surface area contributed by atoms with E-state index in [1.807, 2.05) is 18.2 Å². The zero-order chi connectivity index (χ0) is 16.8. The van der Waals surface area contributed by atoms with Crippen LogP contribution in [0.15, 0.2) is 24.3 Å². The largest absolute Gasteiger partial charge is 0.480 e. The van der Waals surface area contributed by atoms with Gasteiger partial charge in [0, 0.05) is 5.39 Å². The minimum Gasteiger partial charge on any atom is -0.480 e. The number of aromatic nitrogens is 1. The van der Waals surface area contributed by atoms with Gasteiger partial charge >= 0.3 is 5.97 Å². The van der Waals surface area contributed by atoms with E-state index in [0.717, 1.165) is 17.4 Å². The first-order chi connectivity index (χ1) is 11.0. The maximum Gasteiger partial charge on any atom is 0.341 e. The van der Waals surface area contributed by atoms with Crippen LogP contribution < -0.4 is 4.74 Å². The van der Waals surface area contributed by atoms with E-state index >= 15 is 0 Å². The number of hydrogen-bond donors (Lipinski definition) is 1. The van der Waals surface area contributed by atoms with Crippen LogP contribution in [-0.4, -0.2) is 22.7 Å². The van der Waals surface area contributed by atoms with Gasteiger partial charge in [-0.3, -0.25) is 0 Å². The Morgan fingerprint density at radius 2 is 2.17 bits per heavy atom. The van der Waals surface area contributed by atoms with Gasteiger partial charge in [-0.25, -0.2) is 9.78 Å². The number of carboxylic acid groups (broad SMARTS) is 1. The van der Waals surface area contributed by atoms with Crippen molar-refractivity contribution in [3.63, 3.8) is 0 Å². The number of carbonyl (C=O) groups is 1. The normalized spacial score (nSPS) is 12.3. The third-order valence-electron chi connectivity index (χ3n) is 3.91. The molecular weight excluding hydrogens is 314 g/mol. The number of rotatable bonds is 8. The minimum absolute atomic E-state index is 0.342. The second kappa shape index (κ2) is 8.16. The summed E-state index contributed by atoms with van der Waals surface area (Å²) in [7, 11) is 0. The lowest BCUT2D eigenvalue weighted by molar-refractivity contribution is -0.139. The van der Waals surface area contributed by atoms with Gasteiger partial charge in [0.05, 0.1) is 0 Å². The number of pyridine rings is 1. The molecule has 0 aliphatic rings. The first-order valence-corrected chi connectivity index (χ1v) is 8.34. The maximum absolute atomic E-state index is 10.7. The zero-order valence-corrected chi connectivity index (χ0v) is 14.3. The summed E-state index contributed by atoms with van der Waals surface area (Å²) in [6.07, 6.45) is 4.67. The zero-order valence-electron chi connectivity index (χ0n) is 13.5. The van der Waals surface area contributed by atoms with Gasteiger partial charge in [0.2, 0.25) is 0 Å². The van der Waals surface area contributed by atoms with Gasteiger partial charge < -0.3 is 9.84 Å². The van der Waals surface area contributed by atoms with Crippen LogP contribution in [0.3, 0.4) is 0 Å². The van der Waals surface area contributed by atoms with Crippen molar-refractivity contribution >= 4 is 28.5 Å². The van der Waals surface area contributed by atoms with Crippen molar-refractivity contribution in [2.75, 3.05) is 6.61 Å². The molecule has 0 saturated carbocycles. The molecule has 0 saturated heterocycles. The summed E-state index contributed by atoms with van der Waals surface area (Å²) in [5.41, 5.74) is 1.63. The van der Waals surface area contributed by atoms with Crippen LogP contribution in [0.5, 0.6) is 5.75 Å². The highest BCUT2D eigenvalue weighted by molar-refractivity contribution is 6.30. The first-order valence-electron chi connectivity index (χ1n) is 7.96. The molecule has 1 N–H and O–H groups in total. The molecule has 1 heterocycles. The number of carboxylic acids is 1. The van der Waals surface area contributed by atoms with Crippen molar-refractivity contribution < 1.29 is 14.6 Å². The quantitative estimate of drug-likeness (QED) is 0.542. The molecule has 1 aromatic heterocycles. The molecule has 0 aliphatic heterocycles. The van der Waals surface area contributed by atoms with Crippen LogP contribution in [0.2, 0.25) is 5.15 Å². The molecule has 124 valence electrons. The van der Waals surface area contributed by atoms with E-state index in [4.69, 9.17) is 21.4 Å². The predicted octanol–water partition coefficient (Wildman–Crippen LogP) is 5.04. The van der Waals surface area contributed by atoms with Crippen molar-refractivity contribution in [2.45, 2.75) is 45.4 Å². The Hall–Kier alpha value is -1.81. The van der Waals surface area contributed by atoms with Crippen LogP contribution in [0.4, 0.5) is 0 Å². The summed E-state index contributed by atoms with van der Waals surface area (Å²) >= 11 is 6.36. The molecule has 2 aromatic rings. The van der Waals surface area contributed by atoms with Crippen molar-refractivity contribution in [3.05, 3.63) is 35.0 Å². The molecule has 0 amide bonds. The third-order valence-corrected chi connectivity index (χ3v) is 4.21. The third kappa shape index (κ3) is 4.58. The highest BCUT2D eigenvalue weighted by atomic mass is 35.5. The van der Waals surface area contributed by atoms with Crippen LogP contribution in [0.1, 0.15) is 51.0 Å². The minimum atomic E-state index is -1.02. The van der Waals surface area contributed by atoms with E-state index in [2.05, 4.69) is 18.8 Å². The Balaban J connectivity index is 2.29. The number of fused-ring (bicyclic) bond motifs is 1. The summed E-state index contributed by atoms with van der Waals surface area (Å²) in [4.78, 5) is 15.1. The molecule has 0 aliphatic carbocycles. The smallest absolute Gasteiger partial charge is 0.341 e. The average Bonchev–Trinajstić information content (AvgIpc) is 2.52. The molecular formula is C18H22ClNO3. The summed E-state index contributed by atoms with van der Waals surface area (Å²) in [6.45, 7) is 3.95. The van der Waals surface area contributed by atoms with Crippen LogP contribution in [0, 0.1) is 0 Å². The highest BCUT2D eigenvalue weighted by Gasteiger charge is 2.14. The molecule has 2 rings (SSSR count). The summed E-state index contributed by atoms with van der Waals surface area (Å²) in [5.74, 6) is -0.235. The van der Waals surface area contributed by atoms with Gasteiger partial charge in [-0.15, -0.1) is 0 Å². The maximum atomic E-state index is 10.7. The van der Waals surface area contributed by atoms with Crippen LogP contribution >= 0.6 is 11.6 Å². The number of ether oxygens (including phenoxy) is 1. The lowest BCUT2D eigenvalue weighted by Crippen LogP contribution is -2.10. The number of unbranched alkanes of at least 4 members (excludes halogenated alkanes) is 2. The van der Waals surface area contributed by atoms with Gasteiger partial charge in [0.25, 0.3) is 0 Å². The first kappa shape index (κ1) is 17.5. The fourth-order valence-electron chi connectivity index (χ4n) is 2.62. The summed E-state index contributed by atoms with van der Waals surface area (Å²) < 4.78 is 5.29. The molecule has 1 atom stereocenters. The number of aliphatic carboxylic acids is 1. The van der Waals surface area contributed by atoms with Gasteiger partial charge in [-0.1, -0.05) is 56.8 Å². The van der Waals surface area contributed by atoms with Crippen LogP contribution in [-0.2, 0) is 4.79 Å². The number of hydrogen-bond acceptors (Lipinski definition) is 3. The van der Waals surface area contributed by atoms with Gasteiger partial charge in [-0.2, -0.15) is 0 Å². The van der Waals surface area contributed by atoms with E-state index in [1.165, 1.54) is 19.3 Å². The lowest BCUT2D eigenvalue weighted by Gasteiger charge is -2.15. The number of benzene rings is 1. The van der Waals surface area contributed by atoms with Crippen molar-refractivity contribution in [2.24, 2.45) is 0 Å². The van der Waals surface area contributed by atoms with Crippen molar-refractivity contribution in [3.8, 4) is 5.75 Å². The Kier molecular flexibility index (Phi) is 6.22. The molecule has 0 bridgehead atoms. The molecule has 1 unspecified atom stereocenters. The Morgan fingerprint density at radius 1 is 1.39 bits per heavy atom. The fraction of sp³-hybridized carbons (Fsp3) is 0.444. The number of halogens is 1. The molecule has 1 aromatic carbocycles. The molecule has 0 radical (unpaired) electrons. The second-order valence-electron chi connectivity index (χ2n) is 5.78. The van der Waals surface area contributed by atoms with E-state index < -0.39 is 12.6 Å². The van der Waals surface area contributed by atoms with Gasteiger partial charge in [0.15, 0.2) is 6.61 Å². The monoisotopic (exact) mass is 335 g/mol. The van der Waals surface area contributed by atoms with Crippen LogP contribution in [0.25, 0.3) is 10.9 Å². The molecule has 0 fully saturated rings. The SMILES string of the molecule is CCCCCC(C)c1cc2cccc(OCC(=O)O)c2nc1Cl. The highest BCUT2D eigenvalue weighted by Crippen LogP contribution is 2.33. The molecule has 4 nitrogen and oxygen atoms in total. The van der Waals surface area contributed by atoms with E-state index in [1.54, 1.807) is 6.07 Å². The second-order valence-corrected chi connectivity index (χ2v) is 6.13. The topological polar surface area (TPSA) is 59.4 Å². The fourth-order valence-corrected chi connectivity index (χ4v) is 2.95.